The predicted octanol–water partition coefficient (Wildman–Crippen LogP) is 3.15. The van der Waals surface area contributed by atoms with E-state index < -0.39 is 0 Å². The van der Waals surface area contributed by atoms with Crippen LogP contribution in [-0.2, 0) is 0 Å². The Hall–Kier alpha value is -2.08. The molecule has 0 aliphatic rings. The molecule has 104 valence electrons. The van der Waals surface area contributed by atoms with Crippen molar-refractivity contribution in [3.05, 3.63) is 46.6 Å². The van der Waals surface area contributed by atoms with Gasteiger partial charge in [0.1, 0.15) is 17.3 Å². The van der Waals surface area contributed by atoms with Crippen LogP contribution in [0.3, 0.4) is 0 Å². The molecule has 0 spiro atoms. The number of nitrogens with zero attached hydrogens (tertiary/aromatic N) is 1. The van der Waals surface area contributed by atoms with E-state index in [4.69, 9.17) is 4.74 Å². The van der Waals surface area contributed by atoms with Gasteiger partial charge in [0.25, 0.3) is 5.91 Å². The van der Waals surface area contributed by atoms with E-state index in [1.54, 1.807) is 44.5 Å². The number of hydrogen-bond acceptors (Lipinski definition) is 4. The number of benzene rings is 1. The van der Waals surface area contributed by atoms with Crippen molar-refractivity contribution in [2.45, 2.75) is 0 Å². The van der Waals surface area contributed by atoms with Crippen LogP contribution >= 0.6 is 15.9 Å². The number of nitrogens with one attached hydrogen (secondary N) is 2. The second kappa shape index (κ2) is 6.38. The topological polar surface area (TPSA) is 63.2 Å². The van der Waals surface area contributed by atoms with Gasteiger partial charge in [-0.25, -0.2) is 4.98 Å². The van der Waals surface area contributed by atoms with Gasteiger partial charge >= 0.3 is 0 Å². The molecule has 6 heteroatoms. The molecule has 1 heterocycles. The smallest absolute Gasteiger partial charge is 0.274 e. The van der Waals surface area contributed by atoms with Crippen molar-refractivity contribution < 1.29 is 9.53 Å². The number of carbonyl (C=O) groups excluding carboxylic acids is 1. The van der Waals surface area contributed by atoms with E-state index in [9.17, 15) is 4.79 Å². The van der Waals surface area contributed by atoms with Crippen molar-refractivity contribution in [1.82, 2.24) is 4.98 Å². The highest BCUT2D eigenvalue weighted by Crippen LogP contribution is 2.27. The van der Waals surface area contributed by atoms with Gasteiger partial charge in [-0.15, -0.1) is 0 Å². The van der Waals surface area contributed by atoms with Gasteiger partial charge in [-0.3, -0.25) is 4.79 Å². The first-order valence-corrected chi connectivity index (χ1v) is 6.73. The van der Waals surface area contributed by atoms with Gasteiger partial charge in [0.05, 0.1) is 12.8 Å². The number of amides is 1. The van der Waals surface area contributed by atoms with Crippen molar-refractivity contribution in [1.29, 1.82) is 0 Å². The van der Waals surface area contributed by atoms with Crippen molar-refractivity contribution in [3.8, 4) is 5.75 Å². The van der Waals surface area contributed by atoms with Crippen LogP contribution < -0.4 is 15.4 Å². The lowest BCUT2D eigenvalue weighted by Crippen LogP contribution is -2.14. The minimum absolute atomic E-state index is 0.281. The quantitative estimate of drug-likeness (QED) is 0.900. The van der Waals surface area contributed by atoms with Gasteiger partial charge in [0, 0.05) is 17.6 Å². The Balaban J connectivity index is 2.22. The number of methoxy groups -OCH3 is 1. The van der Waals surface area contributed by atoms with E-state index in [2.05, 4.69) is 31.5 Å². The number of ether oxygens (including phenoxy) is 1. The van der Waals surface area contributed by atoms with Gasteiger partial charge in [0.15, 0.2) is 0 Å². The molecule has 0 unspecified atom stereocenters. The normalized spacial score (nSPS) is 9.95. The Labute approximate surface area is 125 Å². The van der Waals surface area contributed by atoms with E-state index in [0.717, 1.165) is 4.47 Å². The molecule has 2 rings (SSSR count). The highest BCUT2D eigenvalue weighted by molar-refractivity contribution is 9.10. The average molecular weight is 336 g/mol. The lowest BCUT2D eigenvalue weighted by atomic mass is 10.2. The highest BCUT2D eigenvalue weighted by Gasteiger charge is 2.11. The summed E-state index contributed by atoms with van der Waals surface area (Å²) in [5.74, 6) is 1.03. The molecule has 0 bridgehead atoms. The standard InChI is InChI=1S/C14H14BrN3O2/c1-16-13-5-3-4-11(17-13)14(19)18-12-8-9(20-2)6-7-10(12)15/h3-8H,1-2H3,(H,16,17)(H,18,19). The Bertz CT molecular complexity index is 632. The summed E-state index contributed by atoms with van der Waals surface area (Å²) in [6, 6.07) is 10.6. The largest absolute Gasteiger partial charge is 0.497 e. The maximum absolute atomic E-state index is 12.2. The molecule has 0 fully saturated rings. The Kier molecular flexibility index (Phi) is 4.57. The first-order chi connectivity index (χ1) is 9.63. The first kappa shape index (κ1) is 14.3. The Morgan fingerprint density at radius 1 is 1.30 bits per heavy atom. The molecule has 0 radical (unpaired) electrons. The number of rotatable bonds is 4. The molecule has 5 nitrogen and oxygen atoms in total. The third kappa shape index (κ3) is 3.27. The lowest BCUT2D eigenvalue weighted by Gasteiger charge is -2.09. The summed E-state index contributed by atoms with van der Waals surface area (Å²) in [6.45, 7) is 0. The first-order valence-electron chi connectivity index (χ1n) is 5.93. The van der Waals surface area contributed by atoms with E-state index >= 15 is 0 Å². The van der Waals surface area contributed by atoms with Crippen molar-refractivity contribution in [3.63, 3.8) is 0 Å². The van der Waals surface area contributed by atoms with Gasteiger partial charge < -0.3 is 15.4 Å². The number of pyridine rings is 1. The zero-order valence-corrected chi connectivity index (χ0v) is 12.7. The van der Waals surface area contributed by atoms with E-state index in [-0.39, 0.29) is 5.91 Å². The maximum atomic E-state index is 12.2. The van der Waals surface area contributed by atoms with Gasteiger partial charge in [-0.05, 0) is 40.2 Å². The monoisotopic (exact) mass is 335 g/mol. The minimum Gasteiger partial charge on any atom is -0.497 e. The molecule has 0 aliphatic heterocycles. The fraction of sp³-hybridized carbons (Fsp3) is 0.143. The number of aromatic nitrogens is 1. The number of carbonyl (C=O) groups is 1. The summed E-state index contributed by atoms with van der Waals surface area (Å²) < 4.78 is 5.91. The summed E-state index contributed by atoms with van der Waals surface area (Å²) in [4.78, 5) is 16.4. The summed E-state index contributed by atoms with van der Waals surface area (Å²) in [7, 11) is 3.33. The number of anilines is 2. The fourth-order valence-corrected chi connectivity index (χ4v) is 1.96. The maximum Gasteiger partial charge on any atom is 0.274 e. The third-order valence-electron chi connectivity index (χ3n) is 2.66. The number of halogens is 1. The summed E-state index contributed by atoms with van der Waals surface area (Å²) >= 11 is 3.39. The van der Waals surface area contributed by atoms with Crippen LogP contribution in [0.4, 0.5) is 11.5 Å². The van der Waals surface area contributed by atoms with Crippen LogP contribution in [0, 0.1) is 0 Å². The molecule has 1 aromatic carbocycles. The highest BCUT2D eigenvalue weighted by atomic mass is 79.9. The molecular formula is C14H14BrN3O2. The zero-order chi connectivity index (χ0) is 14.5. The van der Waals surface area contributed by atoms with Gasteiger partial charge in [-0.2, -0.15) is 0 Å². The van der Waals surface area contributed by atoms with E-state index in [1.807, 2.05) is 6.07 Å². The molecule has 0 aliphatic carbocycles. The molecule has 2 aromatic rings. The zero-order valence-electron chi connectivity index (χ0n) is 11.1. The van der Waals surface area contributed by atoms with E-state index in [1.165, 1.54) is 0 Å². The van der Waals surface area contributed by atoms with Crippen LogP contribution in [0.25, 0.3) is 0 Å². The van der Waals surface area contributed by atoms with Crippen molar-refractivity contribution >= 4 is 33.3 Å². The molecule has 20 heavy (non-hydrogen) atoms. The fourth-order valence-electron chi connectivity index (χ4n) is 1.61. The lowest BCUT2D eigenvalue weighted by molar-refractivity contribution is 0.102. The predicted molar refractivity (Wildman–Crippen MR) is 82.4 cm³/mol. The van der Waals surface area contributed by atoms with Crippen molar-refractivity contribution in [2.24, 2.45) is 0 Å². The van der Waals surface area contributed by atoms with Crippen molar-refractivity contribution in [2.75, 3.05) is 24.8 Å². The molecule has 1 aromatic heterocycles. The average Bonchev–Trinajstić information content (AvgIpc) is 2.49. The van der Waals surface area contributed by atoms with E-state index in [0.29, 0.717) is 22.9 Å². The SMILES string of the molecule is CNc1cccc(C(=O)Nc2cc(OC)ccc2Br)n1. The molecule has 2 N–H and O–H groups in total. The Morgan fingerprint density at radius 3 is 2.80 bits per heavy atom. The van der Waals surface area contributed by atoms with Crippen LogP contribution in [0.2, 0.25) is 0 Å². The van der Waals surface area contributed by atoms with Gasteiger partial charge in [0.2, 0.25) is 0 Å². The molecule has 0 saturated heterocycles. The Morgan fingerprint density at radius 2 is 2.10 bits per heavy atom. The second-order valence-electron chi connectivity index (χ2n) is 3.96. The van der Waals surface area contributed by atoms with Crippen LogP contribution in [0.1, 0.15) is 10.5 Å². The summed E-state index contributed by atoms with van der Waals surface area (Å²) in [6.07, 6.45) is 0. The second-order valence-corrected chi connectivity index (χ2v) is 4.81. The summed E-state index contributed by atoms with van der Waals surface area (Å²) in [5.41, 5.74) is 0.970. The third-order valence-corrected chi connectivity index (χ3v) is 3.35. The molecule has 0 atom stereocenters. The van der Waals surface area contributed by atoms with Gasteiger partial charge in [-0.1, -0.05) is 6.07 Å². The van der Waals surface area contributed by atoms with Crippen LogP contribution in [0.15, 0.2) is 40.9 Å². The molecule has 0 saturated carbocycles. The molecule has 1 amide bonds. The van der Waals surface area contributed by atoms with Crippen LogP contribution in [0.5, 0.6) is 5.75 Å². The summed E-state index contributed by atoms with van der Waals surface area (Å²) in [5, 5.41) is 5.69. The van der Waals surface area contributed by atoms with Crippen LogP contribution in [-0.4, -0.2) is 25.0 Å². The number of hydrogen-bond donors (Lipinski definition) is 2. The molecular weight excluding hydrogens is 322 g/mol. The minimum atomic E-state index is -0.281.